The second-order valence-electron chi connectivity index (χ2n) is 6.80. The maximum Gasteiger partial charge on any atom is 0.296 e. The highest BCUT2D eigenvalue weighted by Gasteiger charge is 2.33. The highest BCUT2D eigenvalue weighted by molar-refractivity contribution is 7.89. The number of piperidine rings is 1. The van der Waals surface area contributed by atoms with E-state index in [1.807, 2.05) is 13.8 Å². The van der Waals surface area contributed by atoms with Crippen LogP contribution in [-0.4, -0.2) is 45.5 Å². The molecule has 0 amide bonds. The van der Waals surface area contributed by atoms with Crippen LogP contribution < -0.4 is 0 Å². The molecule has 0 spiro atoms. The maximum atomic E-state index is 13.0. The van der Waals surface area contributed by atoms with Gasteiger partial charge in [-0.2, -0.15) is 9.57 Å². The van der Waals surface area contributed by atoms with Crippen molar-refractivity contribution in [2.45, 2.75) is 25.2 Å². The maximum absolute atomic E-state index is 13.0. The first-order chi connectivity index (χ1) is 12.7. The Balaban J connectivity index is 2.03. The molecule has 2 unspecified atom stereocenters. The Hall–Kier alpha value is -2.84. The van der Waals surface area contributed by atoms with Gasteiger partial charge in [0.2, 0.25) is 10.0 Å². The summed E-state index contributed by atoms with van der Waals surface area (Å²) >= 11 is 0. The molecule has 27 heavy (non-hydrogen) atoms. The van der Waals surface area contributed by atoms with Gasteiger partial charge in [-0.25, -0.2) is 18.1 Å². The summed E-state index contributed by atoms with van der Waals surface area (Å²) in [6, 6.07) is 5.39. The molecule has 2 heterocycles. The Morgan fingerprint density at radius 1 is 1.30 bits per heavy atom. The molecule has 142 valence electrons. The number of rotatable bonds is 4. The van der Waals surface area contributed by atoms with Crippen LogP contribution in [0.1, 0.15) is 26.1 Å². The summed E-state index contributed by atoms with van der Waals surface area (Å²) in [6.45, 7) is 4.75. The van der Waals surface area contributed by atoms with Crippen LogP contribution in [0.5, 0.6) is 0 Å². The van der Waals surface area contributed by atoms with Crippen LogP contribution in [0, 0.1) is 33.3 Å². The van der Waals surface area contributed by atoms with Gasteiger partial charge in [-0.15, -0.1) is 5.10 Å². The molecule has 0 saturated carbocycles. The van der Waals surface area contributed by atoms with Gasteiger partial charge in [-0.1, -0.05) is 13.8 Å². The molecule has 0 N–H and O–H groups in total. The second kappa shape index (κ2) is 7.05. The van der Waals surface area contributed by atoms with Crippen LogP contribution in [0.2, 0.25) is 0 Å². The average molecular weight is 390 g/mol. The predicted octanol–water partition coefficient (Wildman–Crippen LogP) is 1.71. The molecule has 1 fully saturated rings. The summed E-state index contributed by atoms with van der Waals surface area (Å²) in [7, 11) is -3.85. The average Bonchev–Trinajstić information content (AvgIpc) is 3.09. The van der Waals surface area contributed by atoms with Gasteiger partial charge in [-0.05, 0) is 30.4 Å². The third-order valence-corrected chi connectivity index (χ3v) is 6.28. The van der Waals surface area contributed by atoms with Gasteiger partial charge in [0.25, 0.3) is 11.5 Å². The summed E-state index contributed by atoms with van der Waals surface area (Å²) in [5.41, 5.74) is -0.392. The third kappa shape index (κ3) is 3.67. The monoisotopic (exact) mass is 390 g/mol. The molecular weight excluding hydrogens is 372 g/mol. The molecule has 2 aromatic rings. The van der Waals surface area contributed by atoms with Crippen LogP contribution in [-0.2, 0) is 10.0 Å². The minimum atomic E-state index is -3.85. The van der Waals surface area contributed by atoms with E-state index >= 15 is 0 Å². The number of nitro groups is 1. The zero-order chi connectivity index (χ0) is 19.8. The molecule has 11 heteroatoms. The van der Waals surface area contributed by atoms with Crippen molar-refractivity contribution in [1.82, 2.24) is 19.1 Å². The van der Waals surface area contributed by atoms with E-state index in [4.69, 9.17) is 5.26 Å². The molecule has 0 aliphatic carbocycles. The third-order valence-electron chi connectivity index (χ3n) is 4.46. The van der Waals surface area contributed by atoms with Crippen LogP contribution in [0.4, 0.5) is 5.69 Å². The van der Waals surface area contributed by atoms with Crippen molar-refractivity contribution in [3.05, 3.63) is 40.5 Å². The Morgan fingerprint density at radius 2 is 1.96 bits per heavy atom. The van der Waals surface area contributed by atoms with Gasteiger partial charge in [0, 0.05) is 19.2 Å². The molecule has 1 saturated heterocycles. The minimum absolute atomic E-state index is 0.0355. The molecular formula is C16H18N6O4S. The van der Waals surface area contributed by atoms with Crippen molar-refractivity contribution in [2.24, 2.45) is 11.8 Å². The molecule has 10 nitrogen and oxygen atoms in total. The lowest BCUT2D eigenvalue weighted by molar-refractivity contribution is -0.384. The number of nitro benzene ring substituents is 1. The van der Waals surface area contributed by atoms with Gasteiger partial charge in [0.05, 0.1) is 9.82 Å². The fourth-order valence-electron chi connectivity index (χ4n) is 3.39. The molecule has 0 radical (unpaired) electrons. The van der Waals surface area contributed by atoms with Gasteiger partial charge in [-0.3, -0.25) is 10.1 Å². The molecule has 2 atom stereocenters. The van der Waals surface area contributed by atoms with E-state index in [9.17, 15) is 18.5 Å². The van der Waals surface area contributed by atoms with Gasteiger partial charge in [0.1, 0.15) is 18.1 Å². The van der Waals surface area contributed by atoms with E-state index in [2.05, 4.69) is 10.1 Å². The number of nitriles is 1. The Labute approximate surface area is 156 Å². The van der Waals surface area contributed by atoms with Gasteiger partial charge < -0.3 is 0 Å². The zero-order valence-electron chi connectivity index (χ0n) is 14.8. The lowest BCUT2D eigenvalue weighted by Crippen LogP contribution is -2.42. The van der Waals surface area contributed by atoms with Crippen molar-refractivity contribution in [3.8, 4) is 11.8 Å². The minimum Gasteiger partial charge on any atom is -0.258 e. The fourth-order valence-corrected chi connectivity index (χ4v) is 5.09. The van der Waals surface area contributed by atoms with Crippen molar-refractivity contribution in [1.29, 1.82) is 5.26 Å². The topological polar surface area (TPSA) is 135 Å². The van der Waals surface area contributed by atoms with E-state index in [0.29, 0.717) is 13.1 Å². The second-order valence-corrected chi connectivity index (χ2v) is 8.74. The summed E-state index contributed by atoms with van der Waals surface area (Å²) in [4.78, 5) is 14.4. The van der Waals surface area contributed by atoms with Crippen LogP contribution in [0.15, 0.2) is 29.4 Å². The molecule has 1 aromatic heterocycles. The van der Waals surface area contributed by atoms with E-state index < -0.39 is 20.6 Å². The molecule has 1 aliphatic heterocycles. The largest absolute Gasteiger partial charge is 0.296 e. The Morgan fingerprint density at radius 3 is 2.52 bits per heavy atom. The van der Waals surface area contributed by atoms with E-state index in [1.165, 1.54) is 22.8 Å². The van der Waals surface area contributed by atoms with Crippen LogP contribution in [0.25, 0.3) is 5.69 Å². The SMILES string of the molecule is CC1CC(C)CN(S(=O)(=O)c2ccc(-n3cnc(C#N)n3)c([N+](=O)[O-])c2)C1. The molecule has 1 aromatic carbocycles. The zero-order valence-corrected chi connectivity index (χ0v) is 15.6. The molecule has 3 rings (SSSR count). The van der Waals surface area contributed by atoms with E-state index in [1.54, 1.807) is 6.07 Å². The van der Waals surface area contributed by atoms with Crippen LogP contribution in [0.3, 0.4) is 0 Å². The van der Waals surface area contributed by atoms with Crippen molar-refractivity contribution in [2.75, 3.05) is 13.1 Å². The number of hydrogen-bond donors (Lipinski definition) is 0. The summed E-state index contributed by atoms with van der Waals surface area (Å²) in [6.07, 6.45) is 2.11. The predicted molar refractivity (Wildman–Crippen MR) is 94.4 cm³/mol. The number of sulfonamides is 1. The summed E-state index contributed by atoms with van der Waals surface area (Å²) in [5.74, 6) is 0.298. The Kier molecular flexibility index (Phi) is 4.95. The van der Waals surface area contributed by atoms with Crippen LogP contribution >= 0.6 is 0 Å². The first-order valence-electron chi connectivity index (χ1n) is 8.33. The van der Waals surface area contributed by atoms with Crippen molar-refractivity contribution in [3.63, 3.8) is 0 Å². The lowest BCUT2D eigenvalue weighted by atomic mass is 9.94. The van der Waals surface area contributed by atoms with Gasteiger partial charge in [0.15, 0.2) is 0 Å². The number of nitrogens with zero attached hydrogens (tertiary/aromatic N) is 6. The quantitative estimate of drug-likeness (QED) is 0.573. The first kappa shape index (κ1) is 18.9. The first-order valence-corrected chi connectivity index (χ1v) is 9.77. The van der Waals surface area contributed by atoms with Gasteiger partial charge >= 0.3 is 0 Å². The summed E-state index contributed by atoms with van der Waals surface area (Å²) in [5, 5.41) is 24.1. The normalized spacial score (nSPS) is 20.9. The fraction of sp³-hybridized carbons (Fsp3) is 0.438. The number of benzene rings is 1. The van der Waals surface area contributed by atoms with E-state index in [-0.39, 0.29) is 28.2 Å². The van der Waals surface area contributed by atoms with Crippen molar-refractivity contribution < 1.29 is 13.3 Å². The number of aromatic nitrogens is 3. The lowest BCUT2D eigenvalue weighted by Gasteiger charge is -2.34. The highest BCUT2D eigenvalue weighted by Crippen LogP contribution is 2.30. The van der Waals surface area contributed by atoms with E-state index in [0.717, 1.165) is 17.2 Å². The molecule has 1 aliphatic rings. The smallest absolute Gasteiger partial charge is 0.258 e. The molecule has 0 bridgehead atoms. The summed E-state index contributed by atoms with van der Waals surface area (Å²) < 4.78 is 28.4. The number of hydrogen-bond acceptors (Lipinski definition) is 7. The standard InChI is InChI=1S/C16H18N6O4S/c1-11-5-12(2)9-20(8-11)27(25,26)13-3-4-14(15(6-13)22(23)24)21-10-18-16(7-17)19-21/h3-4,6,10-12H,5,8-9H2,1-2H3. The highest BCUT2D eigenvalue weighted by atomic mass is 32.2. The van der Waals surface area contributed by atoms with Crippen molar-refractivity contribution >= 4 is 15.7 Å². The Bertz CT molecular complexity index is 1020.